The molecule has 0 spiro atoms. The molecule has 0 bridgehead atoms. The van der Waals surface area contributed by atoms with E-state index in [-0.39, 0.29) is 6.61 Å². The van der Waals surface area contributed by atoms with Gasteiger partial charge in [0, 0.05) is 6.61 Å². The third-order valence-electron chi connectivity index (χ3n) is 1.13. The van der Waals surface area contributed by atoms with Crippen molar-refractivity contribution < 1.29 is 9.84 Å². The molecule has 1 atom stereocenters. The Balaban J connectivity index is 3.25. The van der Waals surface area contributed by atoms with Gasteiger partial charge in [0.1, 0.15) is 0 Å². The summed E-state index contributed by atoms with van der Waals surface area (Å²) in [4.78, 5) is 0. The Morgan fingerprint density at radius 1 is 1.67 bits per heavy atom. The quantitative estimate of drug-likeness (QED) is 0.579. The van der Waals surface area contributed by atoms with Crippen molar-refractivity contribution in [3.8, 4) is 0 Å². The van der Waals surface area contributed by atoms with Gasteiger partial charge in [-0.15, -0.1) is 0 Å². The second-order valence-electron chi connectivity index (χ2n) is 2.05. The van der Waals surface area contributed by atoms with Crippen molar-refractivity contribution >= 4 is 0 Å². The summed E-state index contributed by atoms with van der Waals surface area (Å²) >= 11 is 0. The van der Waals surface area contributed by atoms with Crippen LogP contribution >= 0.6 is 0 Å². The number of aliphatic hydroxyl groups excluding tert-OH is 1. The van der Waals surface area contributed by atoms with Crippen LogP contribution in [0.2, 0.25) is 0 Å². The zero-order valence-electron chi connectivity index (χ0n) is 6.00. The van der Waals surface area contributed by atoms with E-state index in [4.69, 9.17) is 9.84 Å². The van der Waals surface area contributed by atoms with Gasteiger partial charge in [0.25, 0.3) is 0 Å². The highest BCUT2D eigenvalue weighted by Gasteiger charge is 1.92. The van der Waals surface area contributed by atoms with Crippen molar-refractivity contribution in [1.29, 1.82) is 0 Å². The molecule has 0 aromatic heterocycles. The average molecular weight is 130 g/mol. The minimum absolute atomic E-state index is 0.245. The summed E-state index contributed by atoms with van der Waals surface area (Å²) in [5.74, 6) is 0.412. The van der Waals surface area contributed by atoms with Gasteiger partial charge in [-0.1, -0.05) is 6.92 Å². The molecular weight excluding hydrogens is 116 g/mol. The van der Waals surface area contributed by atoms with Gasteiger partial charge in [-0.05, 0) is 18.4 Å². The Morgan fingerprint density at radius 3 is 2.78 bits per heavy atom. The van der Waals surface area contributed by atoms with Crippen molar-refractivity contribution in [2.75, 3.05) is 13.7 Å². The minimum Gasteiger partial charge on any atom is -0.505 e. The molecule has 0 amide bonds. The predicted octanol–water partition coefficient (Wildman–Crippen LogP) is 1.16. The van der Waals surface area contributed by atoms with E-state index in [2.05, 4.69) is 0 Å². The molecule has 0 aliphatic rings. The molecule has 0 aromatic carbocycles. The molecule has 0 radical (unpaired) electrons. The van der Waals surface area contributed by atoms with E-state index >= 15 is 0 Å². The summed E-state index contributed by atoms with van der Waals surface area (Å²) in [6.45, 7) is 2.28. The van der Waals surface area contributed by atoms with Gasteiger partial charge in [0.15, 0.2) is 0 Å². The lowest BCUT2D eigenvalue weighted by molar-refractivity contribution is 0.271. The van der Waals surface area contributed by atoms with Gasteiger partial charge in [-0.3, -0.25) is 0 Å². The second-order valence-corrected chi connectivity index (χ2v) is 2.05. The topological polar surface area (TPSA) is 29.5 Å². The molecule has 0 saturated heterocycles. The Kier molecular flexibility index (Phi) is 5.32. The lowest BCUT2D eigenvalue weighted by atomic mass is 10.1. The third kappa shape index (κ3) is 5.37. The fourth-order valence-corrected chi connectivity index (χ4v) is 0.513. The lowest BCUT2D eigenvalue weighted by Crippen LogP contribution is -1.93. The van der Waals surface area contributed by atoms with Crippen LogP contribution in [-0.2, 0) is 4.74 Å². The molecule has 1 N–H and O–H groups in total. The molecule has 2 nitrogen and oxygen atoms in total. The van der Waals surface area contributed by atoms with Crippen molar-refractivity contribution in [3.63, 3.8) is 0 Å². The number of rotatable bonds is 4. The smallest absolute Gasteiger partial charge is 0.0787 e. The molecule has 54 valence electrons. The van der Waals surface area contributed by atoms with Crippen LogP contribution in [0.25, 0.3) is 0 Å². The molecule has 0 saturated carbocycles. The largest absolute Gasteiger partial charge is 0.505 e. The molecular formula is C7H14O2. The zero-order valence-corrected chi connectivity index (χ0v) is 6.00. The summed E-state index contributed by atoms with van der Waals surface area (Å²) in [5, 5.41) is 8.46. The maximum atomic E-state index is 8.46. The van der Waals surface area contributed by atoms with Gasteiger partial charge in [0.2, 0.25) is 0 Å². The van der Waals surface area contributed by atoms with Gasteiger partial charge in [-0.2, -0.15) is 0 Å². The summed E-state index contributed by atoms with van der Waals surface area (Å²) in [6, 6.07) is 0. The van der Waals surface area contributed by atoms with E-state index < -0.39 is 0 Å². The van der Waals surface area contributed by atoms with Crippen molar-refractivity contribution in [2.24, 2.45) is 5.92 Å². The monoisotopic (exact) mass is 130 g/mol. The van der Waals surface area contributed by atoms with E-state index in [9.17, 15) is 0 Å². The van der Waals surface area contributed by atoms with Crippen molar-refractivity contribution in [1.82, 2.24) is 0 Å². The standard InChI is InChI=1S/C7H14O2/c1-7(3-5-8)4-6-9-2/h4,6-8H,3,5H2,1-2H3/b6-4+. The highest BCUT2D eigenvalue weighted by molar-refractivity contribution is 4.79. The molecule has 0 rings (SSSR count). The summed E-state index contributed by atoms with van der Waals surface area (Å²) in [7, 11) is 1.61. The first kappa shape index (κ1) is 8.50. The first-order valence-electron chi connectivity index (χ1n) is 3.11. The van der Waals surface area contributed by atoms with Crippen LogP contribution in [0.1, 0.15) is 13.3 Å². The van der Waals surface area contributed by atoms with Crippen LogP contribution in [0, 0.1) is 5.92 Å². The summed E-state index contributed by atoms with van der Waals surface area (Å²) in [6.07, 6.45) is 4.37. The highest BCUT2D eigenvalue weighted by Crippen LogP contribution is 2.01. The molecule has 2 heteroatoms. The van der Waals surface area contributed by atoms with E-state index in [0.717, 1.165) is 6.42 Å². The Bertz CT molecular complexity index is 79.0. The number of ether oxygens (including phenoxy) is 1. The van der Waals surface area contributed by atoms with Gasteiger partial charge >= 0.3 is 0 Å². The molecule has 0 heterocycles. The Labute approximate surface area is 56.1 Å². The van der Waals surface area contributed by atoms with E-state index in [1.165, 1.54) is 0 Å². The molecule has 0 fully saturated rings. The fourth-order valence-electron chi connectivity index (χ4n) is 0.513. The fraction of sp³-hybridized carbons (Fsp3) is 0.714. The SMILES string of the molecule is CO/C=C/C(C)CCO. The van der Waals surface area contributed by atoms with Gasteiger partial charge < -0.3 is 9.84 Å². The highest BCUT2D eigenvalue weighted by atomic mass is 16.5. The van der Waals surface area contributed by atoms with Crippen LogP contribution in [0.3, 0.4) is 0 Å². The van der Waals surface area contributed by atoms with Crippen LogP contribution in [0.5, 0.6) is 0 Å². The first-order chi connectivity index (χ1) is 4.31. The zero-order chi connectivity index (χ0) is 7.11. The summed E-state index contributed by atoms with van der Waals surface area (Å²) in [5.41, 5.74) is 0. The molecule has 0 aliphatic heterocycles. The second kappa shape index (κ2) is 5.63. The molecule has 0 aliphatic carbocycles. The lowest BCUT2D eigenvalue weighted by Gasteiger charge is -2.00. The maximum absolute atomic E-state index is 8.46. The van der Waals surface area contributed by atoms with E-state index in [1.807, 2.05) is 13.0 Å². The molecule has 1 unspecified atom stereocenters. The van der Waals surface area contributed by atoms with E-state index in [1.54, 1.807) is 13.4 Å². The van der Waals surface area contributed by atoms with Crippen molar-refractivity contribution in [2.45, 2.75) is 13.3 Å². The Morgan fingerprint density at radius 2 is 2.33 bits per heavy atom. The van der Waals surface area contributed by atoms with Crippen molar-refractivity contribution in [3.05, 3.63) is 12.3 Å². The minimum atomic E-state index is 0.245. The van der Waals surface area contributed by atoms with Crippen LogP contribution in [0.15, 0.2) is 12.3 Å². The van der Waals surface area contributed by atoms with E-state index in [0.29, 0.717) is 5.92 Å². The normalized spacial score (nSPS) is 14.1. The number of aliphatic hydroxyl groups is 1. The van der Waals surface area contributed by atoms with Gasteiger partial charge in [0.05, 0.1) is 13.4 Å². The first-order valence-corrected chi connectivity index (χ1v) is 3.11. The predicted molar refractivity (Wildman–Crippen MR) is 37.0 cm³/mol. The maximum Gasteiger partial charge on any atom is 0.0787 e. The molecule has 9 heavy (non-hydrogen) atoms. The molecule has 0 aromatic rings. The summed E-state index contributed by atoms with van der Waals surface area (Å²) < 4.78 is 4.70. The Hall–Kier alpha value is -0.500. The number of hydrogen-bond donors (Lipinski definition) is 1. The third-order valence-corrected chi connectivity index (χ3v) is 1.13. The van der Waals surface area contributed by atoms with Crippen LogP contribution in [0.4, 0.5) is 0 Å². The van der Waals surface area contributed by atoms with Gasteiger partial charge in [-0.25, -0.2) is 0 Å². The number of allylic oxidation sites excluding steroid dienone is 1. The number of methoxy groups -OCH3 is 1. The van der Waals surface area contributed by atoms with Crippen LogP contribution < -0.4 is 0 Å². The van der Waals surface area contributed by atoms with Crippen LogP contribution in [-0.4, -0.2) is 18.8 Å². The average Bonchev–Trinajstić information content (AvgIpc) is 1.85. The number of hydrogen-bond acceptors (Lipinski definition) is 2.